The van der Waals surface area contributed by atoms with E-state index >= 15 is 0 Å². The van der Waals surface area contributed by atoms with E-state index in [0.717, 1.165) is 19.3 Å². The van der Waals surface area contributed by atoms with Crippen molar-refractivity contribution in [1.82, 2.24) is 0 Å². The maximum absolute atomic E-state index is 11.4. The average molecular weight is 299 g/mol. The molecule has 4 nitrogen and oxygen atoms in total. The van der Waals surface area contributed by atoms with Crippen molar-refractivity contribution in [2.45, 2.75) is 62.8 Å². The molecular formula is C12H20Cl2O4. The molecular weight excluding hydrogens is 279 g/mol. The Labute approximate surface area is 118 Å². The molecule has 0 aliphatic heterocycles. The van der Waals surface area contributed by atoms with Crippen LogP contribution >= 0.6 is 23.2 Å². The van der Waals surface area contributed by atoms with E-state index in [9.17, 15) is 9.59 Å². The van der Waals surface area contributed by atoms with Crippen LogP contribution in [0.4, 0.5) is 0 Å². The number of unbranched alkanes of at least 4 members (excludes halogenated alkanes) is 4. The quantitative estimate of drug-likeness (QED) is 0.306. The first-order valence-electron chi connectivity index (χ1n) is 6.14. The highest BCUT2D eigenvalue weighted by molar-refractivity contribution is 6.66. The standard InChI is InChI=1S/C12H20Cl2O4/c1-3-4-5-6-7-8-9(2)18-11(17)12(13,14)10(15)16/h9H,3-8H2,1-2H3,(H,15,16). The van der Waals surface area contributed by atoms with Crippen LogP contribution in [0.25, 0.3) is 0 Å². The fourth-order valence-electron chi connectivity index (χ4n) is 1.44. The number of rotatable bonds is 9. The van der Waals surface area contributed by atoms with E-state index < -0.39 is 16.3 Å². The molecule has 0 aromatic rings. The lowest BCUT2D eigenvalue weighted by Crippen LogP contribution is -2.38. The van der Waals surface area contributed by atoms with E-state index in [1.165, 1.54) is 12.8 Å². The molecule has 0 bridgehead atoms. The highest BCUT2D eigenvalue weighted by Gasteiger charge is 2.44. The normalized spacial score (nSPS) is 13.1. The van der Waals surface area contributed by atoms with E-state index in [2.05, 4.69) is 6.92 Å². The Bertz CT molecular complexity index is 279. The van der Waals surface area contributed by atoms with Gasteiger partial charge in [0.25, 0.3) is 0 Å². The van der Waals surface area contributed by atoms with Crippen molar-refractivity contribution in [3.63, 3.8) is 0 Å². The number of hydrogen-bond acceptors (Lipinski definition) is 3. The van der Waals surface area contributed by atoms with Gasteiger partial charge in [0.2, 0.25) is 0 Å². The summed E-state index contributed by atoms with van der Waals surface area (Å²) in [6.45, 7) is 3.83. The van der Waals surface area contributed by atoms with Gasteiger partial charge in [0.05, 0.1) is 6.10 Å². The summed E-state index contributed by atoms with van der Waals surface area (Å²) in [5.74, 6) is -2.75. The number of aliphatic carboxylic acids is 1. The first kappa shape index (κ1) is 17.5. The molecule has 1 N–H and O–H groups in total. The SMILES string of the molecule is CCCCCCCC(C)OC(=O)C(Cl)(Cl)C(=O)O. The monoisotopic (exact) mass is 298 g/mol. The molecule has 106 valence electrons. The highest BCUT2D eigenvalue weighted by Crippen LogP contribution is 2.24. The number of esters is 1. The third-order valence-electron chi connectivity index (χ3n) is 2.55. The Morgan fingerprint density at radius 3 is 2.28 bits per heavy atom. The minimum atomic E-state index is -2.52. The molecule has 0 amide bonds. The molecule has 0 fully saturated rings. The van der Waals surface area contributed by atoms with Gasteiger partial charge in [0, 0.05) is 0 Å². The minimum absolute atomic E-state index is 0.379. The van der Waals surface area contributed by atoms with Crippen molar-refractivity contribution in [3.8, 4) is 0 Å². The van der Waals surface area contributed by atoms with Crippen LogP contribution in [0.3, 0.4) is 0 Å². The molecule has 0 rings (SSSR count). The second-order valence-electron chi connectivity index (χ2n) is 4.30. The first-order valence-corrected chi connectivity index (χ1v) is 6.90. The number of ether oxygens (including phenoxy) is 1. The fraction of sp³-hybridized carbons (Fsp3) is 0.833. The van der Waals surface area contributed by atoms with Crippen LogP contribution < -0.4 is 0 Å². The number of alkyl halides is 2. The van der Waals surface area contributed by atoms with Gasteiger partial charge in [-0.2, -0.15) is 0 Å². The van der Waals surface area contributed by atoms with Gasteiger partial charge in [-0.05, 0) is 19.8 Å². The lowest BCUT2D eigenvalue weighted by Gasteiger charge is -2.18. The Morgan fingerprint density at radius 1 is 1.22 bits per heavy atom. The van der Waals surface area contributed by atoms with Crippen molar-refractivity contribution >= 4 is 35.1 Å². The summed E-state index contributed by atoms with van der Waals surface area (Å²) < 4.78 is 2.38. The Kier molecular flexibility index (Phi) is 8.36. The van der Waals surface area contributed by atoms with E-state index in [0.29, 0.717) is 6.42 Å². The highest BCUT2D eigenvalue weighted by atomic mass is 35.5. The van der Waals surface area contributed by atoms with Gasteiger partial charge in [-0.3, -0.25) is 0 Å². The predicted octanol–water partition coefficient (Wildman–Crippen LogP) is 3.54. The summed E-state index contributed by atoms with van der Waals surface area (Å²) in [6, 6.07) is 0. The number of carboxylic acid groups (broad SMARTS) is 1. The second-order valence-corrected chi connectivity index (χ2v) is 5.63. The molecule has 0 aromatic carbocycles. The predicted molar refractivity (Wildman–Crippen MR) is 71.0 cm³/mol. The summed E-state index contributed by atoms with van der Waals surface area (Å²) in [5, 5.41) is 8.63. The van der Waals surface area contributed by atoms with Crippen molar-refractivity contribution in [2.24, 2.45) is 0 Å². The summed E-state index contributed by atoms with van der Waals surface area (Å²) >= 11 is 10.7. The van der Waals surface area contributed by atoms with E-state index in [4.69, 9.17) is 33.0 Å². The molecule has 0 aliphatic rings. The van der Waals surface area contributed by atoms with Crippen LogP contribution in [0.2, 0.25) is 0 Å². The Morgan fingerprint density at radius 2 is 1.78 bits per heavy atom. The largest absolute Gasteiger partial charge is 0.479 e. The molecule has 18 heavy (non-hydrogen) atoms. The molecule has 0 saturated heterocycles. The smallest absolute Gasteiger partial charge is 0.354 e. The maximum atomic E-state index is 11.4. The number of hydrogen-bond donors (Lipinski definition) is 1. The van der Waals surface area contributed by atoms with Crippen LogP contribution in [0.15, 0.2) is 0 Å². The van der Waals surface area contributed by atoms with Gasteiger partial charge in [-0.1, -0.05) is 55.8 Å². The zero-order chi connectivity index (χ0) is 14.2. The van der Waals surface area contributed by atoms with Crippen molar-refractivity contribution < 1.29 is 19.4 Å². The molecule has 1 unspecified atom stereocenters. The van der Waals surface area contributed by atoms with E-state index in [-0.39, 0.29) is 6.10 Å². The molecule has 0 saturated carbocycles. The molecule has 0 aliphatic carbocycles. The van der Waals surface area contributed by atoms with Gasteiger partial charge < -0.3 is 9.84 Å². The first-order chi connectivity index (χ1) is 8.32. The third-order valence-corrected chi connectivity index (χ3v) is 3.18. The van der Waals surface area contributed by atoms with Gasteiger partial charge in [0.15, 0.2) is 0 Å². The fourth-order valence-corrected chi connectivity index (χ4v) is 1.53. The van der Waals surface area contributed by atoms with Gasteiger partial charge >= 0.3 is 16.3 Å². The summed E-state index contributed by atoms with van der Waals surface area (Å²) in [7, 11) is 0. The third kappa shape index (κ3) is 6.45. The van der Waals surface area contributed by atoms with Crippen molar-refractivity contribution in [2.75, 3.05) is 0 Å². The number of carbonyl (C=O) groups excluding carboxylic acids is 1. The number of halogens is 2. The molecule has 0 aromatic heterocycles. The lowest BCUT2D eigenvalue weighted by molar-refractivity contribution is -0.156. The maximum Gasteiger partial charge on any atom is 0.354 e. The minimum Gasteiger partial charge on any atom is -0.479 e. The summed E-state index contributed by atoms with van der Waals surface area (Å²) in [5.41, 5.74) is 0. The Balaban J connectivity index is 3.91. The van der Waals surface area contributed by atoms with Crippen LogP contribution in [0, 0.1) is 0 Å². The molecule has 0 spiro atoms. The Hall–Kier alpha value is -0.480. The topological polar surface area (TPSA) is 63.6 Å². The molecule has 1 atom stereocenters. The summed E-state index contributed by atoms with van der Waals surface area (Å²) in [6.07, 6.45) is 5.82. The lowest BCUT2D eigenvalue weighted by atomic mass is 10.1. The van der Waals surface area contributed by atoms with Crippen molar-refractivity contribution in [3.05, 3.63) is 0 Å². The van der Waals surface area contributed by atoms with Gasteiger partial charge in [-0.25, -0.2) is 9.59 Å². The van der Waals surface area contributed by atoms with Crippen LogP contribution in [-0.4, -0.2) is 27.5 Å². The second kappa shape index (κ2) is 8.59. The van der Waals surface area contributed by atoms with Crippen LogP contribution in [-0.2, 0) is 14.3 Å². The van der Waals surface area contributed by atoms with Crippen LogP contribution in [0.5, 0.6) is 0 Å². The number of carboxylic acids is 1. The van der Waals surface area contributed by atoms with Crippen molar-refractivity contribution in [1.29, 1.82) is 0 Å². The zero-order valence-corrected chi connectivity index (χ0v) is 12.3. The number of carbonyl (C=O) groups is 2. The molecule has 0 heterocycles. The zero-order valence-electron chi connectivity index (χ0n) is 10.7. The van der Waals surface area contributed by atoms with Gasteiger partial charge in [0.1, 0.15) is 0 Å². The summed E-state index contributed by atoms with van der Waals surface area (Å²) in [4.78, 5) is 22.0. The van der Waals surface area contributed by atoms with E-state index in [1.807, 2.05) is 0 Å². The average Bonchev–Trinajstić information content (AvgIpc) is 2.28. The molecule has 0 radical (unpaired) electrons. The molecule has 6 heteroatoms. The van der Waals surface area contributed by atoms with Crippen LogP contribution in [0.1, 0.15) is 52.4 Å². The van der Waals surface area contributed by atoms with Gasteiger partial charge in [-0.15, -0.1) is 0 Å². The van der Waals surface area contributed by atoms with E-state index in [1.54, 1.807) is 6.92 Å².